The summed E-state index contributed by atoms with van der Waals surface area (Å²) < 4.78 is 12.1. The van der Waals surface area contributed by atoms with Crippen LogP contribution in [0.4, 0.5) is 4.79 Å². The van der Waals surface area contributed by atoms with Crippen molar-refractivity contribution in [3.8, 4) is 5.75 Å². The largest absolute Gasteiger partial charge is 0.490 e. The third-order valence-electron chi connectivity index (χ3n) is 8.47. The van der Waals surface area contributed by atoms with E-state index in [9.17, 15) is 19.2 Å². The van der Waals surface area contributed by atoms with Crippen molar-refractivity contribution in [2.75, 3.05) is 32.7 Å². The number of nitrogens with one attached hydrogen (secondary N) is 1. The number of rotatable bonds is 5. The van der Waals surface area contributed by atoms with Crippen LogP contribution in [0, 0.1) is 12.8 Å². The van der Waals surface area contributed by atoms with Crippen LogP contribution in [0.2, 0.25) is 0 Å². The van der Waals surface area contributed by atoms with Gasteiger partial charge >= 0.3 is 6.09 Å². The van der Waals surface area contributed by atoms with Gasteiger partial charge in [-0.2, -0.15) is 0 Å². The summed E-state index contributed by atoms with van der Waals surface area (Å²) in [5, 5.41) is 2.36. The van der Waals surface area contributed by atoms with Crippen molar-refractivity contribution in [3.63, 3.8) is 0 Å². The first-order valence-corrected chi connectivity index (χ1v) is 14.6. The smallest absolute Gasteiger partial charge is 0.410 e. The van der Waals surface area contributed by atoms with Gasteiger partial charge in [-0.3, -0.25) is 19.7 Å². The van der Waals surface area contributed by atoms with E-state index in [0.29, 0.717) is 24.4 Å². The molecular formula is C30H42N4O6. The second-order valence-corrected chi connectivity index (χ2v) is 12.7. The van der Waals surface area contributed by atoms with Gasteiger partial charge in [-0.05, 0) is 77.3 Å². The van der Waals surface area contributed by atoms with Gasteiger partial charge in [-0.1, -0.05) is 6.07 Å². The van der Waals surface area contributed by atoms with E-state index in [-0.39, 0.29) is 30.4 Å². The molecule has 10 nitrogen and oxygen atoms in total. The van der Waals surface area contributed by atoms with Crippen LogP contribution in [0.15, 0.2) is 12.1 Å². The maximum absolute atomic E-state index is 13.2. The minimum atomic E-state index is -0.634. The van der Waals surface area contributed by atoms with Crippen LogP contribution < -0.4 is 10.1 Å². The number of fused-ring (bicyclic) bond motifs is 1. The number of ether oxygens (including phenoxy) is 2. The van der Waals surface area contributed by atoms with Gasteiger partial charge in [0.25, 0.3) is 5.91 Å². The van der Waals surface area contributed by atoms with Crippen LogP contribution in [-0.4, -0.2) is 89.0 Å². The van der Waals surface area contributed by atoms with Crippen molar-refractivity contribution >= 4 is 23.8 Å². The van der Waals surface area contributed by atoms with Crippen molar-refractivity contribution in [1.82, 2.24) is 20.0 Å². The zero-order chi connectivity index (χ0) is 28.6. The van der Waals surface area contributed by atoms with Gasteiger partial charge in [-0.25, -0.2) is 4.79 Å². The zero-order valence-corrected chi connectivity index (χ0v) is 24.2. The summed E-state index contributed by atoms with van der Waals surface area (Å²) in [6.45, 7) is 12.4. The van der Waals surface area contributed by atoms with Crippen molar-refractivity contribution < 1.29 is 28.7 Å². The van der Waals surface area contributed by atoms with Crippen molar-refractivity contribution in [3.05, 3.63) is 28.8 Å². The van der Waals surface area contributed by atoms with E-state index in [0.717, 1.165) is 75.3 Å². The first-order valence-electron chi connectivity index (χ1n) is 14.6. The van der Waals surface area contributed by atoms with Gasteiger partial charge < -0.3 is 24.2 Å². The molecule has 4 heterocycles. The fraction of sp³-hybridized carbons (Fsp3) is 0.667. The molecule has 0 bridgehead atoms. The molecular weight excluding hydrogens is 512 g/mol. The number of likely N-dealkylation sites (tertiary alicyclic amines) is 2. The van der Waals surface area contributed by atoms with Crippen LogP contribution in [0.25, 0.3) is 0 Å². The average Bonchev–Trinajstić information content (AvgIpc) is 3.22. The first-order chi connectivity index (χ1) is 19.0. The highest BCUT2D eigenvalue weighted by molar-refractivity contribution is 6.05. The number of hydrogen-bond acceptors (Lipinski definition) is 7. The highest BCUT2D eigenvalue weighted by atomic mass is 16.6. The Morgan fingerprint density at radius 2 is 1.70 bits per heavy atom. The Bertz CT molecular complexity index is 1160. The van der Waals surface area contributed by atoms with Gasteiger partial charge in [0.15, 0.2) is 0 Å². The highest BCUT2D eigenvalue weighted by Crippen LogP contribution is 2.37. The van der Waals surface area contributed by atoms with Crippen molar-refractivity contribution in [1.29, 1.82) is 0 Å². The first kappa shape index (κ1) is 28.4. The summed E-state index contributed by atoms with van der Waals surface area (Å²) in [4.78, 5) is 55.5. The lowest BCUT2D eigenvalue weighted by Crippen LogP contribution is -2.52. The number of benzene rings is 1. The van der Waals surface area contributed by atoms with Crippen LogP contribution in [0.1, 0.15) is 80.8 Å². The Morgan fingerprint density at radius 3 is 2.35 bits per heavy atom. The van der Waals surface area contributed by atoms with E-state index < -0.39 is 17.6 Å². The van der Waals surface area contributed by atoms with Gasteiger partial charge in [-0.15, -0.1) is 0 Å². The Labute approximate surface area is 236 Å². The summed E-state index contributed by atoms with van der Waals surface area (Å²) in [5.74, 6) is 0.456. The summed E-state index contributed by atoms with van der Waals surface area (Å²) in [5.41, 5.74) is 1.94. The predicted molar refractivity (Wildman–Crippen MR) is 148 cm³/mol. The molecule has 1 aromatic rings. The molecule has 1 unspecified atom stereocenters. The minimum Gasteiger partial charge on any atom is -0.490 e. The molecule has 3 fully saturated rings. The number of nitrogens with zero attached hydrogens (tertiary/aromatic N) is 3. The number of amides is 4. The van der Waals surface area contributed by atoms with Crippen LogP contribution in [-0.2, 0) is 20.9 Å². The highest BCUT2D eigenvalue weighted by Gasteiger charge is 2.41. The van der Waals surface area contributed by atoms with Gasteiger partial charge in [0, 0.05) is 50.3 Å². The maximum Gasteiger partial charge on any atom is 0.410 e. The molecule has 4 aliphatic rings. The average molecular weight is 555 g/mol. The van der Waals surface area contributed by atoms with Crippen LogP contribution in [0.5, 0.6) is 5.75 Å². The van der Waals surface area contributed by atoms with Crippen molar-refractivity contribution in [2.24, 2.45) is 5.92 Å². The molecule has 4 amide bonds. The lowest BCUT2D eigenvalue weighted by atomic mass is 9.95. The number of carbonyl (C=O) groups is 4. The topological polar surface area (TPSA) is 108 Å². The summed E-state index contributed by atoms with van der Waals surface area (Å²) >= 11 is 0. The van der Waals surface area contributed by atoms with Crippen molar-refractivity contribution in [2.45, 2.75) is 90.5 Å². The molecule has 0 aromatic heterocycles. The van der Waals surface area contributed by atoms with E-state index >= 15 is 0 Å². The second kappa shape index (κ2) is 11.4. The molecule has 0 radical (unpaired) electrons. The Morgan fingerprint density at radius 1 is 1.00 bits per heavy atom. The lowest BCUT2D eigenvalue weighted by Gasteiger charge is -2.38. The van der Waals surface area contributed by atoms with Gasteiger partial charge in [0.2, 0.25) is 11.8 Å². The number of hydrogen-bond donors (Lipinski definition) is 1. The maximum atomic E-state index is 13.2. The summed E-state index contributed by atoms with van der Waals surface area (Å²) in [6, 6.07) is 3.10. The standard InChI is InChI=1S/C30H42N4O6/c1-19-5-6-22-23(18-34(28(22)37)24-7-8-25(35)31-27(24)36)26(19)39-21-11-13-32(14-12-21)17-20-9-15-33(16-10-20)29(38)40-30(2,3)4/h5-6,20-21,24H,7-18H2,1-4H3,(H,31,35,36). The second-order valence-electron chi connectivity index (χ2n) is 12.7. The number of carbonyl (C=O) groups excluding carboxylic acids is 4. The number of piperidine rings is 3. The predicted octanol–water partition coefficient (Wildman–Crippen LogP) is 3.25. The molecule has 4 aliphatic heterocycles. The van der Waals surface area contributed by atoms with E-state index in [1.54, 1.807) is 4.90 Å². The SMILES string of the molecule is Cc1ccc2c(c1OC1CCN(CC3CCN(C(=O)OC(C)(C)C)CC3)CC1)CN(C1CCC(=O)NC1=O)C2=O. The quantitative estimate of drug-likeness (QED) is 0.557. The van der Waals surface area contributed by atoms with E-state index in [1.165, 1.54) is 0 Å². The van der Waals surface area contributed by atoms with Gasteiger partial charge in [0.05, 0.1) is 6.54 Å². The Kier molecular flexibility index (Phi) is 8.08. The molecule has 1 atom stereocenters. The van der Waals surface area contributed by atoms with Gasteiger partial charge in [0.1, 0.15) is 23.5 Å². The fourth-order valence-electron chi connectivity index (χ4n) is 6.26. The molecule has 218 valence electrons. The number of aryl methyl sites for hydroxylation is 1. The normalized spacial score (nSPS) is 23.3. The molecule has 10 heteroatoms. The molecule has 1 aromatic carbocycles. The lowest BCUT2D eigenvalue weighted by molar-refractivity contribution is -0.136. The van der Waals surface area contributed by atoms with Crippen LogP contribution >= 0.6 is 0 Å². The van der Waals surface area contributed by atoms with E-state index in [4.69, 9.17) is 9.47 Å². The molecule has 0 spiro atoms. The summed E-state index contributed by atoms with van der Waals surface area (Å²) in [7, 11) is 0. The van der Waals surface area contributed by atoms with Crippen LogP contribution in [0.3, 0.4) is 0 Å². The molecule has 5 rings (SSSR count). The van der Waals surface area contributed by atoms with E-state index in [2.05, 4.69) is 10.2 Å². The molecule has 1 N–H and O–H groups in total. The fourth-order valence-corrected chi connectivity index (χ4v) is 6.26. The Hall–Kier alpha value is -3.14. The zero-order valence-electron chi connectivity index (χ0n) is 24.2. The molecule has 0 aliphatic carbocycles. The third-order valence-corrected chi connectivity index (χ3v) is 8.47. The Balaban J connectivity index is 1.12. The third kappa shape index (κ3) is 6.27. The number of imide groups is 1. The summed E-state index contributed by atoms with van der Waals surface area (Å²) in [6.07, 6.45) is 4.22. The van der Waals surface area contributed by atoms with E-state index in [1.807, 2.05) is 44.7 Å². The molecule has 3 saturated heterocycles. The molecule has 0 saturated carbocycles. The monoisotopic (exact) mass is 554 g/mol. The minimum absolute atomic E-state index is 0.0650. The molecule has 40 heavy (non-hydrogen) atoms.